The van der Waals surface area contributed by atoms with Crippen LogP contribution in [0, 0.1) is 6.92 Å². The lowest BCUT2D eigenvalue weighted by atomic mass is 9.87. The first-order valence-electron chi connectivity index (χ1n) is 6.32. The topological polar surface area (TPSA) is 3.24 Å². The van der Waals surface area contributed by atoms with Crippen molar-refractivity contribution in [3.05, 3.63) is 28.6 Å². The van der Waals surface area contributed by atoms with Gasteiger partial charge in [0.2, 0.25) is 0 Å². The van der Waals surface area contributed by atoms with Gasteiger partial charge in [-0.3, -0.25) is 0 Å². The molecule has 1 aliphatic rings. The van der Waals surface area contributed by atoms with Crippen molar-refractivity contribution in [1.82, 2.24) is 0 Å². The lowest BCUT2D eigenvalue weighted by Crippen LogP contribution is -3.00. The van der Waals surface area contributed by atoms with Gasteiger partial charge in [0.15, 0.2) is 10.3 Å². The molecule has 5 heteroatoms. The van der Waals surface area contributed by atoms with Crippen LogP contribution in [0.4, 0.5) is 5.69 Å². The van der Waals surface area contributed by atoms with Crippen molar-refractivity contribution in [2.24, 2.45) is 0 Å². The molecule has 0 atom stereocenters. The molecule has 0 bridgehead atoms. The predicted octanol–water partition coefficient (Wildman–Crippen LogP) is 2.48. The number of fused-ring (bicyclic) bond motifs is 3. The van der Waals surface area contributed by atoms with Crippen molar-refractivity contribution >= 4 is 38.1 Å². The van der Waals surface area contributed by atoms with E-state index in [1.807, 2.05) is 32.4 Å². The van der Waals surface area contributed by atoms with Crippen LogP contribution in [0.25, 0.3) is 11.1 Å². The molecule has 0 amide bonds. The number of aryl methyl sites for hydroxylation is 1. The van der Waals surface area contributed by atoms with E-state index in [0.29, 0.717) is 0 Å². The zero-order chi connectivity index (χ0) is 13.8. The van der Waals surface area contributed by atoms with Crippen molar-refractivity contribution in [2.75, 3.05) is 18.2 Å². The van der Waals surface area contributed by atoms with E-state index in [9.17, 15) is 0 Å². The molecule has 0 unspecified atom stereocenters. The minimum absolute atomic E-state index is 0. The third-order valence-corrected chi connectivity index (χ3v) is 8.19. The van der Waals surface area contributed by atoms with Gasteiger partial charge in [-0.05, 0) is 39.2 Å². The number of thioether (sulfide) groups is 1. The van der Waals surface area contributed by atoms with Crippen molar-refractivity contribution in [1.29, 1.82) is 0 Å². The van der Waals surface area contributed by atoms with E-state index in [1.54, 1.807) is 0 Å². The minimum Gasteiger partial charge on any atom is -1.00 e. The van der Waals surface area contributed by atoms with Crippen molar-refractivity contribution in [3.8, 4) is 11.1 Å². The normalized spacial score (nSPS) is 15.3. The fraction of sp³-hybridized carbons (Fsp3) is 0.400. The van der Waals surface area contributed by atoms with Crippen molar-refractivity contribution < 1.29 is 24.0 Å². The van der Waals surface area contributed by atoms with Crippen LogP contribution < -0.4 is 28.9 Å². The van der Waals surface area contributed by atoms with Crippen LogP contribution in [0.3, 0.4) is 0 Å². The number of rotatable bonds is 1. The summed E-state index contributed by atoms with van der Waals surface area (Å²) in [6.07, 6.45) is 2.18. The predicted molar refractivity (Wildman–Crippen MR) is 90.0 cm³/mol. The summed E-state index contributed by atoms with van der Waals surface area (Å²) >= 11 is 1.87. The summed E-state index contributed by atoms with van der Waals surface area (Å²) in [5.41, 5.74) is 5.64. The summed E-state index contributed by atoms with van der Waals surface area (Å²) in [6, 6.07) is 6.81. The smallest absolute Gasteiger partial charge is 0.308 e. The molecule has 2 aromatic rings. The van der Waals surface area contributed by atoms with E-state index in [4.69, 9.17) is 0 Å². The molecule has 1 aliphatic heterocycles. The van der Waals surface area contributed by atoms with E-state index in [0.717, 1.165) is 0 Å². The Morgan fingerprint density at radius 3 is 2.65 bits per heavy atom. The van der Waals surface area contributed by atoms with Crippen molar-refractivity contribution in [3.63, 3.8) is 0 Å². The number of nitrogens with zero attached hydrogens (tertiary/aromatic N) is 1. The summed E-state index contributed by atoms with van der Waals surface area (Å²) in [4.78, 5) is 3.92. The summed E-state index contributed by atoms with van der Waals surface area (Å²) < 4.78 is 1.45. The van der Waals surface area contributed by atoms with Crippen LogP contribution in [0.2, 0.25) is 0 Å². The first-order valence-corrected chi connectivity index (χ1v) is 9.69. The number of hydrogen-bond donors (Lipinski definition) is 0. The Labute approximate surface area is 149 Å². The Morgan fingerprint density at radius 1 is 1.30 bits per heavy atom. The van der Waals surface area contributed by atoms with Gasteiger partial charge in [0.25, 0.3) is 4.21 Å². The van der Waals surface area contributed by atoms with Gasteiger partial charge in [0, 0.05) is 18.3 Å². The Balaban J connectivity index is 0.00000147. The largest absolute Gasteiger partial charge is 1.00 e. The third-order valence-electron chi connectivity index (χ3n) is 3.99. The molecule has 1 aromatic heterocycles. The van der Waals surface area contributed by atoms with Gasteiger partial charge < -0.3 is 28.9 Å². The molecule has 3 rings (SSSR count). The first-order chi connectivity index (χ1) is 8.96. The number of anilines is 1. The highest BCUT2D eigenvalue weighted by Crippen LogP contribution is 2.54. The zero-order valence-electron chi connectivity index (χ0n) is 12.3. The monoisotopic (exact) mass is 435 g/mol. The highest BCUT2D eigenvalue weighted by molar-refractivity contribution is 8.02. The Hall–Kier alpha value is 0.150. The number of benzene rings is 1. The van der Waals surface area contributed by atoms with Gasteiger partial charge in [-0.2, -0.15) is 0 Å². The molecule has 1 aromatic carbocycles. The van der Waals surface area contributed by atoms with Crippen LogP contribution in [0.5, 0.6) is 0 Å². The molecule has 2 heterocycles. The molecule has 108 valence electrons. The lowest BCUT2D eigenvalue weighted by Gasteiger charge is -2.41. The second-order valence-electron chi connectivity index (χ2n) is 5.50. The molecule has 0 spiro atoms. The molecule has 0 radical (unpaired) electrons. The summed E-state index contributed by atoms with van der Waals surface area (Å²) in [5, 5.41) is 0. The molecule has 0 saturated carbocycles. The molecular formula is C15H18INS3. The average molecular weight is 435 g/mol. The second-order valence-corrected chi connectivity index (χ2v) is 8.73. The van der Waals surface area contributed by atoms with Gasteiger partial charge in [0.05, 0.1) is 11.1 Å². The standard InChI is InChI=1S/C15H18NS3.HI/c1-9-6-7-11-10(8-9)12-13(15(2,3)16(11)4)18-19-14(12)17-5;/h6-8H,1-5H3;1H/q+1;/p-1. The summed E-state index contributed by atoms with van der Waals surface area (Å²) in [7, 11) is 6.06. The molecule has 0 aliphatic carbocycles. The van der Waals surface area contributed by atoms with E-state index in [-0.39, 0.29) is 29.5 Å². The van der Waals surface area contributed by atoms with Crippen LogP contribution in [0.15, 0.2) is 22.4 Å². The number of hydrogen-bond acceptors (Lipinski definition) is 3. The van der Waals surface area contributed by atoms with Gasteiger partial charge in [-0.25, -0.2) is 0 Å². The van der Waals surface area contributed by atoms with Crippen molar-refractivity contribution in [2.45, 2.75) is 30.5 Å². The Bertz CT molecular complexity index is 649. The zero-order valence-corrected chi connectivity index (χ0v) is 16.9. The fourth-order valence-corrected chi connectivity index (χ4v) is 7.04. The molecule has 1 nitrogen and oxygen atoms in total. The van der Waals surface area contributed by atoms with Gasteiger partial charge in [0.1, 0.15) is 4.88 Å². The lowest BCUT2D eigenvalue weighted by molar-refractivity contribution is -0.00000399. The molecule has 0 fully saturated rings. The minimum atomic E-state index is 0. The summed E-state index contributed by atoms with van der Waals surface area (Å²) in [6.45, 7) is 6.82. The highest BCUT2D eigenvalue weighted by atomic mass is 127. The fourth-order valence-electron chi connectivity index (χ4n) is 2.63. The van der Waals surface area contributed by atoms with Gasteiger partial charge in [-0.15, -0.1) is 0 Å². The quantitative estimate of drug-likeness (QED) is 0.293. The number of halogens is 1. The highest BCUT2D eigenvalue weighted by Gasteiger charge is 2.42. The van der Waals surface area contributed by atoms with Gasteiger partial charge in [-0.1, -0.05) is 23.4 Å². The first kappa shape index (κ1) is 16.5. The van der Waals surface area contributed by atoms with E-state index in [1.165, 1.54) is 31.5 Å². The van der Waals surface area contributed by atoms with Gasteiger partial charge >= 0.3 is 10.3 Å². The van der Waals surface area contributed by atoms with E-state index >= 15 is 0 Å². The molecule has 20 heavy (non-hydrogen) atoms. The van der Waals surface area contributed by atoms with Crippen LogP contribution in [-0.2, 0) is 5.54 Å². The summed E-state index contributed by atoms with van der Waals surface area (Å²) in [5.74, 6) is 0. The Morgan fingerprint density at radius 2 is 2.00 bits per heavy atom. The maximum Gasteiger partial charge on any atom is 0.308 e. The third kappa shape index (κ3) is 2.30. The molecular weight excluding hydrogens is 417 g/mol. The van der Waals surface area contributed by atoms with E-state index in [2.05, 4.69) is 57.2 Å². The Kier molecular flexibility index (Phi) is 4.74. The molecule has 0 saturated heterocycles. The van der Waals surface area contributed by atoms with E-state index < -0.39 is 0 Å². The van der Waals surface area contributed by atoms with Crippen LogP contribution in [0.1, 0.15) is 24.3 Å². The maximum absolute atomic E-state index is 2.41. The molecule has 0 N–H and O–H groups in total. The van der Waals surface area contributed by atoms with Crippen LogP contribution in [-0.4, -0.2) is 13.3 Å². The SMILES string of the molecule is CSc1[s+]sc2c1-c1cc(C)ccc1N(C)C2(C)C.[I-]. The van der Waals surface area contributed by atoms with Crippen LogP contribution >= 0.6 is 32.4 Å². The second kappa shape index (κ2) is 5.74. The maximum atomic E-state index is 2.41. The average Bonchev–Trinajstić information content (AvgIpc) is 2.81.